The number of halogens is 2. The largest absolute Gasteiger partial charge is 0.494 e. The number of nitrogens with one attached hydrogen (secondary N) is 2. The lowest BCUT2D eigenvalue weighted by molar-refractivity contribution is 0.0846. The van der Waals surface area contributed by atoms with E-state index in [1.54, 1.807) is 30.3 Å². The molecular formula is C19H20Cl2N2O3. The van der Waals surface area contributed by atoms with Gasteiger partial charge in [-0.25, -0.2) is 0 Å². The van der Waals surface area contributed by atoms with Gasteiger partial charge in [0.15, 0.2) is 0 Å². The SMILES string of the molecule is CC(C)CCOc1cccc(C(=O)NNC(=O)c2ccc(Cl)cc2Cl)c1. The molecule has 2 aromatic carbocycles. The summed E-state index contributed by atoms with van der Waals surface area (Å²) in [5, 5.41) is 0.620. The maximum absolute atomic E-state index is 12.2. The van der Waals surface area contributed by atoms with Crippen LogP contribution in [0.4, 0.5) is 0 Å². The summed E-state index contributed by atoms with van der Waals surface area (Å²) >= 11 is 11.8. The number of carbonyl (C=O) groups is 2. The molecule has 0 spiro atoms. The van der Waals surface area contributed by atoms with E-state index in [2.05, 4.69) is 24.7 Å². The zero-order valence-corrected chi connectivity index (χ0v) is 16.0. The third-order valence-corrected chi connectivity index (χ3v) is 4.07. The van der Waals surface area contributed by atoms with Crippen LogP contribution in [0.3, 0.4) is 0 Å². The van der Waals surface area contributed by atoms with Gasteiger partial charge in [-0.15, -0.1) is 0 Å². The van der Waals surface area contributed by atoms with E-state index in [1.807, 2.05) is 0 Å². The molecule has 0 aliphatic carbocycles. The molecule has 0 aliphatic heterocycles. The summed E-state index contributed by atoms with van der Waals surface area (Å²) in [4.78, 5) is 24.3. The Morgan fingerprint density at radius 3 is 2.46 bits per heavy atom. The van der Waals surface area contributed by atoms with Crippen molar-refractivity contribution in [1.29, 1.82) is 0 Å². The number of carbonyl (C=O) groups excluding carboxylic acids is 2. The Kier molecular flexibility index (Phi) is 7.30. The van der Waals surface area contributed by atoms with Crippen LogP contribution in [0, 0.1) is 5.92 Å². The lowest BCUT2D eigenvalue weighted by atomic mass is 10.1. The minimum Gasteiger partial charge on any atom is -0.494 e. The second-order valence-corrected chi connectivity index (χ2v) is 6.93. The minimum absolute atomic E-state index is 0.199. The molecule has 2 amide bonds. The first-order valence-corrected chi connectivity index (χ1v) is 8.91. The highest BCUT2D eigenvalue weighted by Gasteiger charge is 2.13. The highest BCUT2D eigenvalue weighted by molar-refractivity contribution is 6.36. The maximum atomic E-state index is 12.2. The van der Waals surface area contributed by atoms with Crippen molar-refractivity contribution in [3.63, 3.8) is 0 Å². The number of hydrogen-bond acceptors (Lipinski definition) is 3. The molecule has 0 radical (unpaired) electrons. The topological polar surface area (TPSA) is 67.4 Å². The molecule has 0 aromatic heterocycles. The second kappa shape index (κ2) is 9.46. The fourth-order valence-electron chi connectivity index (χ4n) is 2.07. The molecular weight excluding hydrogens is 375 g/mol. The zero-order valence-electron chi connectivity index (χ0n) is 14.5. The Hall–Kier alpha value is -2.24. The summed E-state index contributed by atoms with van der Waals surface area (Å²) < 4.78 is 5.63. The van der Waals surface area contributed by atoms with Crippen molar-refractivity contribution in [2.24, 2.45) is 5.92 Å². The predicted molar refractivity (Wildman–Crippen MR) is 103 cm³/mol. The van der Waals surface area contributed by atoms with Gasteiger partial charge in [-0.3, -0.25) is 20.4 Å². The summed E-state index contributed by atoms with van der Waals surface area (Å²) in [7, 11) is 0. The van der Waals surface area contributed by atoms with Crippen molar-refractivity contribution >= 4 is 35.0 Å². The molecule has 2 aromatic rings. The van der Waals surface area contributed by atoms with Crippen LogP contribution in [0.1, 0.15) is 41.0 Å². The molecule has 0 bridgehead atoms. The number of rotatable bonds is 6. The Bertz CT molecular complexity index is 794. The van der Waals surface area contributed by atoms with Crippen LogP contribution < -0.4 is 15.6 Å². The van der Waals surface area contributed by atoms with Gasteiger partial charge >= 0.3 is 0 Å². The molecule has 26 heavy (non-hydrogen) atoms. The first-order valence-electron chi connectivity index (χ1n) is 8.15. The highest BCUT2D eigenvalue weighted by Crippen LogP contribution is 2.20. The van der Waals surface area contributed by atoms with Gasteiger partial charge < -0.3 is 4.74 Å². The fraction of sp³-hybridized carbons (Fsp3) is 0.263. The van der Waals surface area contributed by atoms with Crippen LogP contribution in [-0.2, 0) is 0 Å². The van der Waals surface area contributed by atoms with Crippen molar-refractivity contribution in [3.8, 4) is 5.75 Å². The molecule has 0 atom stereocenters. The van der Waals surface area contributed by atoms with Crippen LogP contribution in [0.2, 0.25) is 10.0 Å². The van der Waals surface area contributed by atoms with E-state index < -0.39 is 11.8 Å². The standard InChI is InChI=1S/C19H20Cl2N2O3/c1-12(2)8-9-26-15-5-3-4-13(10-15)18(24)22-23-19(25)16-7-6-14(20)11-17(16)21/h3-7,10-12H,8-9H2,1-2H3,(H,22,24)(H,23,25). The third-order valence-electron chi connectivity index (χ3n) is 3.53. The van der Waals surface area contributed by atoms with Gasteiger partial charge in [-0.05, 0) is 48.7 Å². The van der Waals surface area contributed by atoms with Crippen molar-refractivity contribution < 1.29 is 14.3 Å². The van der Waals surface area contributed by atoms with Gasteiger partial charge in [-0.1, -0.05) is 43.1 Å². The maximum Gasteiger partial charge on any atom is 0.271 e. The molecule has 0 heterocycles. The molecule has 7 heteroatoms. The molecule has 0 aliphatic rings. The molecule has 0 fully saturated rings. The number of amides is 2. The molecule has 0 unspecified atom stereocenters. The molecule has 0 saturated carbocycles. The van der Waals surface area contributed by atoms with Crippen LogP contribution in [0.15, 0.2) is 42.5 Å². The van der Waals surface area contributed by atoms with E-state index in [9.17, 15) is 9.59 Å². The Balaban J connectivity index is 1.94. The van der Waals surface area contributed by atoms with Gasteiger partial charge in [0.2, 0.25) is 0 Å². The molecule has 2 N–H and O–H groups in total. The molecule has 2 rings (SSSR count). The quantitative estimate of drug-likeness (QED) is 0.708. The van der Waals surface area contributed by atoms with Crippen molar-refractivity contribution in [1.82, 2.24) is 10.9 Å². The van der Waals surface area contributed by atoms with Crippen molar-refractivity contribution in [3.05, 3.63) is 63.6 Å². The molecule has 5 nitrogen and oxygen atoms in total. The number of benzene rings is 2. The lowest BCUT2D eigenvalue weighted by Gasteiger charge is -2.11. The van der Waals surface area contributed by atoms with E-state index in [0.29, 0.717) is 28.9 Å². The van der Waals surface area contributed by atoms with E-state index in [4.69, 9.17) is 27.9 Å². The summed E-state index contributed by atoms with van der Waals surface area (Å²) in [6.07, 6.45) is 0.925. The summed E-state index contributed by atoms with van der Waals surface area (Å²) in [6.45, 7) is 4.81. The minimum atomic E-state index is -0.538. The number of hydrogen-bond donors (Lipinski definition) is 2. The monoisotopic (exact) mass is 394 g/mol. The average molecular weight is 395 g/mol. The van der Waals surface area contributed by atoms with Gasteiger partial charge in [0.05, 0.1) is 17.2 Å². The third kappa shape index (κ3) is 5.93. The highest BCUT2D eigenvalue weighted by atomic mass is 35.5. The second-order valence-electron chi connectivity index (χ2n) is 6.09. The van der Waals surface area contributed by atoms with Crippen LogP contribution >= 0.6 is 23.2 Å². The summed E-state index contributed by atoms with van der Waals surface area (Å²) in [6, 6.07) is 11.2. The van der Waals surface area contributed by atoms with E-state index in [0.717, 1.165) is 6.42 Å². The van der Waals surface area contributed by atoms with E-state index >= 15 is 0 Å². The first kappa shape index (κ1) is 20.1. The van der Waals surface area contributed by atoms with Gasteiger partial charge in [0, 0.05) is 10.6 Å². The average Bonchev–Trinajstić information content (AvgIpc) is 2.59. The fourth-order valence-corrected chi connectivity index (χ4v) is 2.56. The number of ether oxygens (including phenoxy) is 1. The lowest BCUT2D eigenvalue weighted by Crippen LogP contribution is -2.41. The van der Waals surface area contributed by atoms with Gasteiger partial charge in [-0.2, -0.15) is 0 Å². The first-order chi connectivity index (χ1) is 12.4. The smallest absolute Gasteiger partial charge is 0.271 e. The summed E-state index contributed by atoms with van der Waals surface area (Å²) in [5.74, 6) is 0.142. The van der Waals surface area contributed by atoms with E-state index in [1.165, 1.54) is 12.1 Å². The number of hydrazine groups is 1. The summed E-state index contributed by atoms with van der Waals surface area (Å²) in [5.41, 5.74) is 5.26. The van der Waals surface area contributed by atoms with Crippen LogP contribution in [-0.4, -0.2) is 18.4 Å². The van der Waals surface area contributed by atoms with E-state index in [-0.39, 0.29) is 10.6 Å². The predicted octanol–water partition coefficient (Wildman–Crippen LogP) is 4.49. The Morgan fingerprint density at radius 2 is 1.77 bits per heavy atom. The Labute approximate surface area is 162 Å². The zero-order chi connectivity index (χ0) is 19.1. The van der Waals surface area contributed by atoms with Gasteiger partial charge in [0.25, 0.3) is 11.8 Å². The van der Waals surface area contributed by atoms with Crippen LogP contribution in [0.5, 0.6) is 5.75 Å². The van der Waals surface area contributed by atoms with Crippen LogP contribution in [0.25, 0.3) is 0 Å². The molecule has 0 saturated heterocycles. The van der Waals surface area contributed by atoms with Crippen molar-refractivity contribution in [2.45, 2.75) is 20.3 Å². The van der Waals surface area contributed by atoms with Crippen molar-refractivity contribution in [2.75, 3.05) is 6.61 Å². The molecule has 138 valence electrons. The Morgan fingerprint density at radius 1 is 1.04 bits per heavy atom. The normalized spacial score (nSPS) is 10.5. The van der Waals surface area contributed by atoms with Gasteiger partial charge in [0.1, 0.15) is 5.75 Å².